The lowest BCUT2D eigenvalue weighted by Gasteiger charge is -2.15. The first kappa shape index (κ1) is 12.1. The predicted octanol–water partition coefficient (Wildman–Crippen LogP) is 2.05. The first-order chi connectivity index (χ1) is 8.61. The first-order valence-corrected chi connectivity index (χ1v) is 5.32. The number of nitrogens with zero attached hydrogens (tertiary/aromatic N) is 2. The monoisotopic (exact) mass is 254 g/mol. The highest BCUT2D eigenvalue weighted by atomic mass is 16.6. The van der Waals surface area contributed by atoms with Crippen LogP contribution in [-0.4, -0.2) is 23.1 Å². The van der Waals surface area contributed by atoms with Crippen LogP contribution in [0.2, 0.25) is 0 Å². The number of rotatable bonds is 2. The van der Waals surface area contributed by atoms with Gasteiger partial charge in [0.15, 0.2) is 0 Å². The van der Waals surface area contributed by atoms with Crippen LogP contribution in [0.1, 0.15) is 12.8 Å². The summed E-state index contributed by atoms with van der Waals surface area (Å²) in [5, 5.41) is 21.7. The molecule has 8 nitrogen and oxygen atoms in total. The van der Waals surface area contributed by atoms with Gasteiger partial charge in [-0.15, -0.1) is 0 Å². The Kier molecular flexibility index (Phi) is 3.26. The van der Waals surface area contributed by atoms with Crippen molar-refractivity contribution in [2.75, 3.05) is 13.2 Å². The van der Waals surface area contributed by atoms with E-state index in [0.29, 0.717) is 12.8 Å². The van der Waals surface area contributed by atoms with Crippen LogP contribution in [0.4, 0.5) is 11.4 Å². The van der Waals surface area contributed by atoms with Gasteiger partial charge in [-0.2, -0.15) is 0 Å². The zero-order valence-corrected chi connectivity index (χ0v) is 9.33. The van der Waals surface area contributed by atoms with Gasteiger partial charge >= 0.3 is 11.4 Å². The Balaban J connectivity index is 2.59. The van der Waals surface area contributed by atoms with Crippen LogP contribution in [0.15, 0.2) is 12.1 Å². The molecule has 0 fully saturated rings. The zero-order valence-electron chi connectivity index (χ0n) is 9.33. The third-order valence-corrected chi connectivity index (χ3v) is 2.50. The Morgan fingerprint density at radius 2 is 1.28 bits per heavy atom. The van der Waals surface area contributed by atoms with Crippen LogP contribution >= 0.6 is 0 Å². The molecular formula is C10H10N2O6. The molecule has 1 aliphatic heterocycles. The van der Waals surface area contributed by atoms with Crippen molar-refractivity contribution in [3.63, 3.8) is 0 Å². The third kappa shape index (κ3) is 2.17. The molecule has 0 bridgehead atoms. The van der Waals surface area contributed by atoms with E-state index in [1.165, 1.54) is 0 Å². The van der Waals surface area contributed by atoms with Crippen LogP contribution in [0.3, 0.4) is 0 Å². The van der Waals surface area contributed by atoms with Gasteiger partial charge in [0.2, 0.25) is 11.5 Å². The van der Waals surface area contributed by atoms with E-state index in [2.05, 4.69) is 0 Å². The van der Waals surface area contributed by atoms with E-state index in [1.807, 2.05) is 0 Å². The molecule has 0 saturated heterocycles. The molecule has 18 heavy (non-hydrogen) atoms. The summed E-state index contributed by atoms with van der Waals surface area (Å²) in [7, 11) is 0. The molecule has 0 unspecified atom stereocenters. The molecule has 8 heteroatoms. The van der Waals surface area contributed by atoms with Gasteiger partial charge in [0.1, 0.15) is 0 Å². The topological polar surface area (TPSA) is 105 Å². The maximum Gasteiger partial charge on any atom is 0.315 e. The standard InChI is InChI=1S/C10H10N2O6/c13-11(14)7-3-4-8(12(15)16)10-9(7)17-5-1-2-6-18-10/h3-4H,1-2,5-6H2. The van der Waals surface area contributed by atoms with E-state index < -0.39 is 9.85 Å². The molecule has 0 N–H and O–H groups in total. The second-order valence-corrected chi connectivity index (χ2v) is 3.68. The Morgan fingerprint density at radius 1 is 0.889 bits per heavy atom. The lowest BCUT2D eigenvalue weighted by Crippen LogP contribution is -2.11. The smallest absolute Gasteiger partial charge is 0.315 e. The Bertz CT molecular complexity index is 456. The highest BCUT2D eigenvalue weighted by molar-refractivity contribution is 5.65. The predicted molar refractivity (Wildman–Crippen MR) is 60.0 cm³/mol. The number of hydrogen-bond donors (Lipinski definition) is 0. The molecule has 0 atom stereocenters. The number of nitro benzene ring substituents is 2. The molecular weight excluding hydrogens is 244 g/mol. The second-order valence-electron chi connectivity index (χ2n) is 3.68. The SMILES string of the molecule is O=[N+]([O-])c1ccc([N+](=O)[O-])c2c1OCCCCO2. The number of fused-ring (bicyclic) bond motifs is 1. The van der Waals surface area contributed by atoms with E-state index >= 15 is 0 Å². The second kappa shape index (κ2) is 4.86. The normalized spacial score (nSPS) is 14.4. The van der Waals surface area contributed by atoms with Gasteiger partial charge in [-0.3, -0.25) is 20.2 Å². The van der Waals surface area contributed by atoms with Crippen molar-refractivity contribution in [2.24, 2.45) is 0 Å². The highest BCUT2D eigenvalue weighted by Gasteiger charge is 2.30. The van der Waals surface area contributed by atoms with Crippen molar-refractivity contribution < 1.29 is 19.3 Å². The fraction of sp³-hybridized carbons (Fsp3) is 0.400. The third-order valence-electron chi connectivity index (χ3n) is 2.50. The minimum Gasteiger partial charge on any atom is -0.484 e. The largest absolute Gasteiger partial charge is 0.484 e. The van der Waals surface area contributed by atoms with E-state index in [4.69, 9.17) is 9.47 Å². The van der Waals surface area contributed by atoms with Gasteiger partial charge in [0, 0.05) is 12.1 Å². The molecule has 1 aliphatic rings. The molecule has 0 radical (unpaired) electrons. The molecule has 96 valence electrons. The molecule has 1 aromatic carbocycles. The van der Waals surface area contributed by atoms with Crippen LogP contribution in [0.5, 0.6) is 11.5 Å². The van der Waals surface area contributed by atoms with Crippen LogP contribution in [0.25, 0.3) is 0 Å². The van der Waals surface area contributed by atoms with Crippen molar-refractivity contribution in [3.8, 4) is 11.5 Å². The fourth-order valence-electron chi connectivity index (χ4n) is 1.66. The maximum absolute atomic E-state index is 10.9. The highest BCUT2D eigenvalue weighted by Crippen LogP contribution is 2.44. The minimum atomic E-state index is -0.645. The summed E-state index contributed by atoms with van der Waals surface area (Å²) in [6.45, 7) is 0.552. The molecule has 0 aromatic heterocycles. The van der Waals surface area contributed by atoms with Crippen molar-refractivity contribution in [1.82, 2.24) is 0 Å². The number of ether oxygens (including phenoxy) is 2. The summed E-state index contributed by atoms with van der Waals surface area (Å²) in [6, 6.07) is 2.11. The molecule has 0 amide bonds. The average Bonchev–Trinajstić information content (AvgIpc) is 2.27. The summed E-state index contributed by atoms with van der Waals surface area (Å²) in [5.41, 5.74) is -0.644. The van der Waals surface area contributed by atoms with Crippen molar-refractivity contribution >= 4 is 11.4 Å². The van der Waals surface area contributed by atoms with E-state index in [0.717, 1.165) is 12.1 Å². The lowest BCUT2D eigenvalue weighted by atomic mass is 10.2. The van der Waals surface area contributed by atoms with Crippen molar-refractivity contribution in [3.05, 3.63) is 32.4 Å². The van der Waals surface area contributed by atoms with Gasteiger partial charge in [0.25, 0.3) is 0 Å². The Labute approximate surface area is 101 Å². The molecule has 0 spiro atoms. The lowest BCUT2D eigenvalue weighted by molar-refractivity contribution is -0.390. The van der Waals surface area contributed by atoms with Crippen LogP contribution < -0.4 is 9.47 Å². The Hall–Kier alpha value is -2.38. The van der Waals surface area contributed by atoms with E-state index in [1.54, 1.807) is 0 Å². The molecule has 1 aromatic rings. The zero-order chi connectivity index (χ0) is 13.1. The van der Waals surface area contributed by atoms with Gasteiger partial charge in [-0.25, -0.2) is 0 Å². The fourth-order valence-corrected chi connectivity index (χ4v) is 1.66. The van der Waals surface area contributed by atoms with Gasteiger partial charge in [-0.1, -0.05) is 0 Å². The van der Waals surface area contributed by atoms with Crippen molar-refractivity contribution in [2.45, 2.75) is 12.8 Å². The minimum absolute atomic E-state index is 0.158. The summed E-state index contributed by atoms with van der Waals surface area (Å²) < 4.78 is 10.5. The number of benzene rings is 1. The van der Waals surface area contributed by atoms with Gasteiger partial charge in [-0.05, 0) is 12.8 Å². The number of nitro groups is 2. The summed E-state index contributed by atoms with van der Waals surface area (Å²) >= 11 is 0. The van der Waals surface area contributed by atoms with E-state index in [9.17, 15) is 20.2 Å². The maximum atomic E-state index is 10.9. The van der Waals surface area contributed by atoms with Gasteiger partial charge in [0.05, 0.1) is 23.1 Å². The molecule has 0 aliphatic carbocycles. The first-order valence-electron chi connectivity index (χ1n) is 5.32. The van der Waals surface area contributed by atoms with Crippen LogP contribution in [0, 0.1) is 20.2 Å². The quantitative estimate of drug-likeness (QED) is 0.590. The van der Waals surface area contributed by atoms with E-state index in [-0.39, 0.29) is 36.1 Å². The van der Waals surface area contributed by atoms with Crippen molar-refractivity contribution in [1.29, 1.82) is 0 Å². The van der Waals surface area contributed by atoms with Gasteiger partial charge < -0.3 is 9.47 Å². The average molecular weight is 254 g/mol. The molecule has 2 rings (SSSR count). The summed E-state index contributed by atoms with van der Waals surface area (Å²) in [6.07, 6.45) is 1.36. The Morgan fingerprint density at radius 3 is 1.61 bits per heavy atom. The molecule has 0 saturated carbocycles. The molecule has 1 heterocycles. The van der Waals surface area contributed by atoms with Crippen LogP contribution in [-0.2, 0) is 0 Å². The summed E-state index contributed by atoms with van der Waals surface area (Å²) in [5.74, 6) is -0.317. The number of hydrogen-bond acceptors (Lipinski definition) is 6. The summed E-state index contributed by atoms with van der Waals surface area (Å²) in [4.78, 5) is 20.4.